The smallest absolute Gasteiger partial charge is 0.266 e. The fourth-order valence-corrected chi connectivity index (χ4v) is 4.90. The number of morpholine rings is 1. The molecule has 4 atom stereocenters. The van der Waals surface area contributed by atoms with E-state index >= 15 is 0 Å². The molecule has 0 radical (unpaired) electrons. The summed E-state index contributed by atoms with van der Waals surface area (Å²) in [6, 6.07) is 12.7. The molecule has 9 heteroatoms. The molecule has 1 saturated carbocycles. The lowest BCUT2D eigenvalue weighted by atomic mass is 9.89. The lowest BCUT2D eigenvalue weighted by Gasteiger charge is -2.48. The number of halogens is 2. The third-order valence-corrected chi connectivity index (χ3v) is 6.88. The minimum atomic E-state index is -0.921. The van der Waals surface area contributed by atoms with Crippen LogP contribution in [0, 0.1) is 5.92 Å². The predicted molar refractivity (Wildman–Crippen MR) is 133 cm³/mol. The average Bonchev–Trinajstić information content (AvgIpc) is 3.66. The molecule has 1 heterocycles. The standard InChI is InChI=1S/C26H27Cl2N3O4/c1-3-5-21-25(33)30(23(17-8-9-17)26(34)31(29)15(2)32)22(16-10-12-19(27)13-11-16)24(35-21)18-6-4-7-20(28)14-18/h3-4,6-7,10-14,17,21-24H,1,5,8-9,29H2,2H3/t21-,22+,23?,24-/m1/s1. The number of rotatable bonds is 7. The average molecular weight is 516 g/mol. The molecule has 184 valence electrons. The predicted octanol–water partition coefficient (Wildman–Crippen LogP) is 4.61. The summed E-state index contributed by atoms with van der Waals surface area (Å²) in [5.74, 6) is 4.17. The van der Waals surface area contributed by atoms with Crippen molar-refractivity contribution in [1.82, 2.24) is 9.91 Å². The summed E-state index contributed by atoms with van der Waals surface area (Å²) in [5, 5.41) is 1.65. The Morgan fingerprint density at radius 2 is 1.86 bits per heavy atom. The molecule has 1 aliphatic carbocycles. The summed E-state index contributed by atoms with van der Waals surface area (Å²) in [6.07, 6.45) is 1.84. The van der Waals surface area contributed by atoms with E-state index in [1.165, 1.54) is 6.92 Å². The van der Waals surface area contributed by atoms with E-state index in [9.17, 15) is 14.4 Å². The van der Waals surface area contributed by atoms with Crippen LogP contribution in [0.4, 0.5) is 0 Å². The molecular formula is C26H27Cl2N3O4. The number of carbonyl (C=O) groups is 3. The minimum absolute atomic E-state index is 0.117. The minimum Gasteiger partial charge on any atom is -0.358 e. The van der Waals surface area contributed by atoms with Crippen LogP contribution >= 0.6 is 23.2 Å². The van der Waals surface area contributed by atoms with Crippen LogP contribution in [-0.4, -0.2) is 39.8 Å². The maximum atomic E-state index is 13.9. The number of imide groups is 1. The number of ether oxygens (including phenoxy) is 1. The van der Waals surface area contributed by atoms with Crippen molar-refractivity contribution in [1.29, 1.82) is 0 Å². The van der Waals surface area contributed by atoms with Crippen molar-refractivity contribution in [2.45, 2.75) is 50.5 Å². The second kappa shape index (κ2) is 10.5. The van der Waals surface area contributed by atoms with E-state index in [4.69, 9.17) is 33.8 Å². The highest BCUT2D eigenvalue weighted by Gasteiger charge is 2.53. The Bertz CT molecular complexity index is 1140. The number of carbonyl (C=O) groups excluding carboxylic acids is 3. The second-order valence-corrected chi connectivity index (χ2v) is 9.75. The van der Waals surface area contributed by atoms with Gasteiger partial charge in [-0.15, -0.1) is 6.58 Å². The van der Waals surface area contributed by atoms with Crippen LogP contribution in [0.2, 0.25) is 10.0 Å². The van der Waals surface area contributed by atoms with Gasteiger partial charge < -0.3 is 9.64 Å². The molecule has 2 fully saturated rings. The number of hydrogen-bond acceptors (Lipinski definition) is 5. The molecule has 7 nitrogen and oxygen atoms in total. The molecule has 2 aliphatic rings. The van der Waals surface area contributed by atoms with Crippen molar-refractivity contribution in [3.63, 3.8) is 0 Å². The topological polar surface area (TPSA) is 92.9 Å². The molecule has 2 aromatic rings. The van der Waals surface area contributed by atoms with Gasteiger partial charge in [0.1, 0.15) is 18.2 Å². The molecular weight excluding hydrogens is 489 g/mol. The molecule has 1 aliphatic heterocycles. The van der Waals surface area contributed by atoms with Gasteiger partial charge in [-0.1, -0.05) is 53.5 Å². The van der Waals surface area contributed by atoms with Crippen LogP contribution in [-0.2, 0) is 19.1 Å². The maximum Gasteiger partial charge on any atom is 0.266 e. The van der Waals surface area contributed by atoms with Crippen LogP contribution in [0.1, 0.15) is 49.5 Å². The summed E-state index contributed by atoms with van der Waals surface area (Å²) in [6.45, 7) is 4.98. The van der Waals surface area contributed by atoms with Crippen molar-refractivity contribution in [2.24, 2.45) is 11.8 Å². The number of benzene rings is 2. The van der Waals surface area contributed by atoms with E-state index in [1.807, 2.05) is 24.3 Å². The van der Waals surface area contributed by atoms with E-state index < -0.39 is 36.1 Å². The summed E-state index contributed by atoms with van der Waals surface area (Å²) in [7, 11) is 0. The fourth-order valence-electron chi connectivity index (χ4n) is 4.57. The third kappa shape index (κ3) is 5.28. The molecule has 1 saturated heterocycles. The first-order valence-corrected chi connectivity index (χ1v) is 12.2. The monoisotopic (exact) mass is 515 g/mol. The molecule has 0 spiro atoms. The quantitative estimate of drug-likeness (QED) is 0.251. The number of hydrazine groups is 1. The fraction of sp³-hybridized carbons (Fsp3) is 0.346. The highest BCUT2D eigenvalue weighted by molar-refractivity contribution is 6.30. The Hall–Kier alpha value is -2.71. The highest BCUT2D eigenvalue weighted by Crippen LogP contribution is 2.48. The van der Waals surface area contributed by atoms with Gasteiger partial charge in [-0.2, -0.15) is 0 Å². The first-order chi connectivity index (χ1) is 16.7. The van der Waals surface area contributed by atoms with Gasteiger partial charge in [-0.25, -0.2) is 10.9 Å². The van der Waals surface area contributed by atoms with Crippen LogP contribution in [0.15, 0.2) is 61.2 Å². The molecule has 2 N–H and O–H groups in total. The summed E-state index contributed by atoms with van der Waals surface area (Å²) in [5.41, 5.74) is 1.48. The van der Waals surface area contributed by atoms with Crippen molar-refractivity contribution >= 4 is 40.9 Å². The molecule has 0 aromatic heterocycles. The zero-order valence-corrected chi connectivity index (χ0v) is 20.8. The van der Waals surface area contributed by atoms with Crippen molar-refractivity contribution in [3.05, 3.63) is 82.4 Å². The largest absolute Gasteiger partial charge is 0.358 e. The van der Waals surface area contributed by atoms with Gasteiger partial charge in [0.2, 0.25) is 5.91 Å². The van der Waals surface area contributed by atoms with Crippen LogP contribution in [0.5, 0.6) is 0 Å². The normalized spacial score (nSPS) is 23.0. The van der Waals surface area contributed by atoms with E-state index in [1.54, 1.807) is 35.2 Å². The maximum absolute atomic E-state index is 13.9. The lowest BCUT2D eigenvalue weighted by Crippen LogP contribution is -2.61. The van der Waals surface area contributed by atoms with Gasteiger partial charge in [-0.05, 0) is 54.2 Å². The number of nitrogens with two attached hydrogens (primary N) is 1. The van der Waals surface area contributed by atoms with Gasteiger partial charge in [0.25, 0.3) is 11.8 Å². The summed E-state index contributed by atoms with van der Waals surface area (Å²) < 4.78 is 6.37. The number of amides is 3. The Morgan fingerprint density at radius 1 is 1.17 bits per heavy atom. The van der Waals surface area contributed by atoms with E-state index in [0.717, 1.165) is 24.0 Å². The number of hydrogen-bond donors (Lipinski definition) is 1. The van der Waals surface area contributed by atoms with Crippen LogP contribution < -0.4 is 5.84 Å². The Kier molecular flexibility index (Phi) is 7.62. The van der Waals surface area contributed by atoms with E-state index in [2.05, 4.69) is 6.58 Å². The molecule has 3 amide bonds. The molecule has 0 bridgehead atoms. The molecule has 4 rings (SSSR count). The van der Waals surface area contributed by atoms with Crippen LogP contribution in [0.25, 0.3) is 0 Å². The van der Waals surface area contributed by atoms with Crippen molar-refractivity contribution in [2.75, 3.05) is 0 Å². The first kappa shape index (κ1) is 25.4. The Labute approximate surface area is 214 Å². The summed E-state index contributed by atoms with van der Waals surface area (Å²) in [4.78, 5) is 40.9. The Morgan fingerprint density at radius 3 is 2.43 bits per heavy atom. The first-order valence-electron chi connectivity index (χ1n) is 11.4. The van der Waals surface area contributed by atoms with E-state index in [0.29, 0.717) is 15.1 Å². The molecule has 35 heavy (non-hydrogen) atoms. The zero-order chi connectivity index (χ0) is 25.3. The number of nitrogens with zero attached hydrogens (tertiary/aromatic N) is 2. The van der Waals surface area contributed by atoms with Gasteiger partial charge in [-0.3, -0.25) is 14.4 Å². The van der Waals surface area contributed by atoms with E-state index in [-0.39, 0.29) is 18.2 Å². The van der Waals surface area contributed by atoms with Crippen LogP contribution in [0.3, 0.4) is 0 Å². The summed E-state index contributed by atoms with van der Waals surface area (Å²) >= 11 is 12.5. The van der Waals surface area contributed by atoms with Gasteiger partial charge in [0.05, 0.1) is 6.04 Å². The van der Waals surface area contributed by atoms with Gasteiger partial charge in [0, 0.05) is 23.4 Å². The van der Waals surface area contributed by atoms with Gasteiger partial charge in [0.15, 0.2) is 0 Å². The van der Waals surface area contributed by atoms with Crippen molar-refractivity contribution in [3.8, 4) is 0 Å². The second-order valence-electron chi connectivity index (χ2n) is 8.88. The third-order valence-electron chi connectivity index (χ3n) is 6.39. The molecule has 1 unspecified atom stereocenters. The van der Waals surface area contributed by atoms with Gasteiger partial charge >= 0.3 is 0 Å². The molecule has 2 aromatic carbocycles. The Balaban J connectivity index is 1.89. The zero-order valence-electron chi connectivity index (χ0n) is 19.3. The van der Waals surface area contributed by atoms with Crippen molar-refractivity contribution < 1.29 is 19.1 Å². The lowest BCUT2D eigenvalue weighted by molar-refractivity contribution is -0.184. The SMILES string of the molecule is C=CC[C@H]1O[C@H](c2cccc(Cl)c2)[C@H](c2ccc(Cl)cc2)N(C(C(=O)N(N)C(C)=O)C2CC2)C1=O. The highest BCUT2D eigenvalue weighted by atomic mass is 35.5.